The highest BCUT2D eigenvalue weighted by Gasteiger charge is 2.25. The van der Waals surface area contributed by atoms with Crippen molar-refractivity contribution >= 4 is 31.6 Å². The van der Waals surface area contributed by atoms with Gasteiger partial charge in [-0.1, -0.05) is 5.21 Å². The van der Waals surface area contributed by atoms with Crippen LogP contribution in [0.2, 0.25) is 0 Å². The van der Waals surface area contributed by atoms with Crippen LogP contribution in [0.25, 0.3) is 0 Å². The summed E-state index contributed by atoms with van der Waals surface area (Å²) in [6, 6.07) is 3.53. The Bertz CT molecular complexity index is 743. The summed E-state index contributed by atoms with van der Waals surface area (Å²) in [4.78, 5) is 0. The number of sulfonamides is 1. The van der Waals surface area contributed by atoms with Crippen LogP contribution in [0.4, 0.5) is 10.1 Å². The van der Waals surface area contributed by atoms with Gasteiger partial charge in [-0.2, -0.15) is 8.42 Å². The molecule has 21 heavy (non-hydrogen) atoms. The van der Waals surface area contributed by atoms with Gasteiger partial charge in [0.2, 0.25) is 5.03 Å². The van der Waals surface area contributed by atoms with Crippen LogP contribution >= 0.6 is 15.9 Å². The van der Waals surface area contributed by atoms with Gasteiger partial charge in [0.25, 0.3) is 10.0 Å². The number of nitrogens with zero attached hydrogens (tertiary/aromatic N) is 3. The molecule has 114 valence electrons. The lowest BCUT2D eigenvalue weighted by atomic mass is 10.3. The molecular weight excluding hydrogens is 367 g/mol. The van der Waals surface area contributed by atoms with Gasteiger partial charge in [0.15, 0.2) is 4.60 Å². The summed E-state index contributed by atoms with van der Waals surface area (Å²) in [7, 11) is -2.50. The van der Waals surface area contributed by atoms with E-state index in [1.165, 1.54) is 13.1 Å². The number of hydrogen-bond donors (Lipinski definition) is 1. The molecule has 0 atom stereocenters. The highest BCUT2D eigenvalue weighted by atomic mass is 79.9. The van der Waals surface area contributed by atoms with Gasteiger partial charge in [-0.25, -0.2) is 9.07 Å². The summed E-state index contributed by atoms with van der Waals surface area (Å²) in [5.74, 6) is -0.419. The first-order valence-electron chi connectivity index (χ1n) is 5.85. The quantitative estimate of drug-likeness (QED) is 0.858. The van der Waals surface area contributed by atoms with E-state index in [4.69, 9.17) is 4.74 Å². The second kappa shape index (κ2) is 5.98. The lowest BCUT2D eigenvalue weighted by molar-refractivity contribution is 0.340. The van der Waals surface area contributed by atoms with Crippen molar-refractivity contribution in [2.45, 2.75) is 11.9 Å². The number of nitrogens with one attached hydrogen (secondary N) is 1. The topological polar surface area (TPSA) is 86.1 Å². The molecule has 1 aromatic heterocycles. The summed E-state index contributed by atoms with van der Waals surface area (Å²) in [6.07, 6.45) is 0. The van der Waals surface area contributed by atoms with Crippen molar-refractivity contribution in [1.82, 2.24) is 15.0 Å². The lowest BCUT2D eigenvalue weighted by Gasteiger charge is -2.12. The smallest absolute Gasteiger partial charge is 0.282 e. The third-order valence-electron chi connectivity index (χ3n) is 2.48. The van der Waals surface area contributed by atoms with E-state index in [2.05, 4.69) is 31.0 Å². The van der Waals surface area contributed by atoms with Gasteiger partial charge in [0, 0.05) is 13.1 Å². The first-order valence-corrected chi connectivity index (χ1v) is 8.13. The first kappa shape index (κ1) is 15.7. The molecule has 0 aliphatic rings. The molecule has 0 fully saturated rings. The highest BCUT2D eigenvalue weighted by Crippen LogP contribution is 2.29. The molecule has 1 heterocycles. The zero-order valence-corrected chi connectivity index (χ0v) is 13.6. The number of hydrogen-bond acceptors (Lipinski definition) is 5. The standard InChI is InChI=1S/C11H12BrFN4O3S/c1-3-20-9-6-7(13)4-5-8(9)15-21(18,19)11-10(12)14-16-17(11)2/h4-6,15H,3H2,1-2H3. The fraction of sp³-hybridized carbons (Fsp3) is 0.273. The normalized spacial score (nSPS) is 11.4. The van der Waals surface area contributed by atoms with Crippen molar-refractivity contribution < 1.29 is 17.5 Å². The molecule has 7 nitrogen and oxygen atoms in total. The van der Waals surface area contributed by atoms with Crippen molar-refractivity contribution in [2.75, 3.05) is 11.3 Å². The van der Waals surface area contributed by atoms with Crippen LogP contribution in [-0.4, -0.2) is 30.0 Å². The average Bonchev–Trinajstić information content (AvgIpc) is 2.73. The zero-order valence-electron chi connectivity index (χ0n) is 11.2. The van der Waals surface area contributed by atoms with Gasteiger partial charge in [0.1, 0.15) is 11.6 Å². The van der Waals surface area contributed by atoms with E-state index in [1.807, 2.05) is 0 Å². The Labute approximate surface area is 129 Å². The Hall–Kier alpha value is -1.68. The maximum Gasteiger partial charge on any atom is 0.282 e. The minimum absolute atomic E-state index is 0.0811. The summed E-state index contributed by atoms with van der Waals surface area (Å²) in [5, 5.41) is 7.08. The van der Waals surface area contributed by atoms with E-state index in [0.29, 0.717) is 0 Å². The zero-order chi connectivity index (χ0) is 15.6. The fourth-order valence-electron chi connectivity index (χ4n) is 1.66. The van der Waals surface area contributed by atoms with Gasteiger partial charge in [-0.3, -0.25) is 4.72 Å². The molecule has 10 heteroatoms. The molecule has 2 rings (SSSR count). The molecule has 0 aliphatic carbocycles. The van der Waals surface area contributed by atoms with Crippen LogP contribution in [0, 0.1) is 5.82 Å². The van der Waals surface area contributed by atoms with Crippen LogP contribution in [0.15, 0.2) is 27.8 Å². The maximum absolute atomic E-state index is 13.2. The van der Waals surface area contributed by atoms with Crippen LogP contribution in [-0.2, 0) is 17.1 Å². The lowest BCUT2D eigenvalue weighted by Crippen LogP contribution is -2.18. The molecule has 0 amide bonds. The molecule has 0 spiro atoms. The summed E-state index contributed by atoms with van der Waals surface area (Å²) in [6.45, 7) is 1.99. The van der Waals surface area contributed by atoms with Crippen molar-refractivity contribution in [1.29, 1.82) is 0 Å². The summed E-state index contributed by atoms with van der Waals surface area (Å²) in [5.41, 5.74) is 0.131. The first-order chi connectivity index (χ1) is 9.85. The van der Waals surface area contributed by atoms with E-state index < -0.39 is 15.8 Å². The molecule has 0 saturated carbocycles. The Kier molecular flexibility index (Phi) is 4.47. The van der Waals surface area contributed by atoms with Gasteiger partial charge in [0.05, 0.1) is 12.3 Å². The van der Waals surface area contributed by atoms with Crippen molar-refractivity contribution in [3.8, 4) is 5.75 Å². The number of aryl methyl sites for hydroxylation is 1. The molecule has 0 bridgehead atoms. The number of anilines is 1. The fourth-order valence-corrected chi connectivity index (χ4v) is 3.83. The minimum Gasteiger partial charge on any atom is -0.492 e. The van der Waals surface area contributed by atoms with Gasteiger partial charge < -0.3 is 4.74 Å². The molecule has 0 aliphatic heterocycles. The number of rotatable bonds is 5. The second-order valence-corrected chi connectivity index (χ2v) is 6.34. The van der Waals surface area contributed by atoms with Crippen LogP contribution in [0.1, 0.15) is 6.92 Å². The van der Waals surface area contributed by atoms with E-state index in [9.17, 15) is 12.8 Å². The van der Waals surface area contributed by atoms with E-state index in [1.54, 1.807) is 6.92 Å². The van der Waals surface area contributed by atoms with Crippen LogP contribution in [0.5, 0.6) is 5.75 Å². The van der Waals surface area contributed by atoms with Crippen LogP contribution in [0.3, 0.4) is 0 Å². The molecule has 0 radical (unpaired) electrons. The predicted molar refractivity (Wildman–Crippen MR) is 77.1 cm³/mol. The number of benzene rings is 1. The van der Waals surface area contributed by atoms with Crippen molar-refractivity contribution in [3.05, 3.63) is 28.6 Å². The number of aromatic nitrogens is 3. The van der Waals surface area contributed by atoms with Gasteiger partial charge >= 0.3 is 0 Å². The maximum atomic E-state index is 13.2. The van der Waals surface area contributed by atoms with Crippen molar-refractivity contribution in [3.63, 3.8) is 0 Å². The Morgan fingerprint density at radius 3 is 2.76 bits per heavy atom. The third-order valence-corrected chi connectivity index (χ3v) is 4.73. The van der Waals surface area contributed by atoms with E-state index in [0.717, 1.165) is 16.8 Å². The molecule has 0 saturated heterocycles. The highest BCUT2D eigenvalue weighted by molar-refractivity contribution is 9.10. The Balaban J connectivity index is 2.42. The minimum atomic E-state index is -3.95. The largest absolute Gasteiger partial charge is 0.492 e. The van der Waals surface area contributed by atoms with Gasteiger partial charge in [-0.05, 0) is 35.0 Å². The Morgan fingerprint density at radius 2 is 2.19 bits per heavy atom. The van der Waals surface area contributed by atoms with Crippen LogP contribution < -0.4 is 9.46 Å². The number of ether oxygens (including phenoxy) is 1. The molecule has 1 N–H and O–H groups in total. The summed E-state index contributed by atoms with van der Waals surface area (Å²) >= 11 is 3.02. The molecular formula is C11H12BrFN4O3S. The number of halogens is 2. The summed E-state index contributed by atoms with van der Waals surface area (Å²) < 4.78 is 46.7. The average molecular weight is 379 g/mol. The Morgan fingerprint density at radius 1 is 1.48 bits per heavy atom. The van der Waals surface area contributed by atoms with E-state index in [-0.39, 0.29) is 27.7 Å². The van der Waals surface area contributed by atoms with E-state index >= 15 is 0 Å². The monoisotopic (exact) mass is 378 g/mol. The molecule has 1 aromatic carbocycles. The third kappa shape index (κ3) is 3.32. The predicted octanol–water partition coefficient (Wildman–Crippen LogP) is 1.92. The molecule has 2 aromatic rings. The second-order valence-electron chi connectivity index (χ2n) is 3.99. The van der Waals surface area contributed by atoms with Crippen molar-refractivity contribution in [2.24, 2.45) is 7.05 Å². The SMILES string of the molecule is CCOc1cc(F)ccc1NS(=O)(=O)c1c(Br)nnn1C. The van der Waals surface area contributed by atoms with Gasteiger partial charge in [-0.15, -0.1) is 5.10 Å². The molecule has 0 unspecified atom stereocenters.